The lowest BCUT2D eigenvalue weighted by Crippen LogP contribution is -2.33. The van der Waals surface area contributed by atoms with Gasteiger partial charge in [-0.1, -0.05) is 0 Å². The van der Waals surface area contributed by atoms with Crippen LogP contribution in [0.1, 0.15) is 24.8 Å². The van der Waals surface area contributed by atoms with Crippen LogP contribution < -0.4 is 10.2 Å². The fraction of sp³-hybridized carbons (Fsp3) is 0.400. The molecule has 32 heavy (non-hydrogen) atoms. The largest absolute Gasteiger partial charge is 0.507 e. The van der Waals surface area contributed by atoms with Crippen molar-refractivity contribution < 1.29 is 5.11 Å². The number of aromatic nitrogens is 4. The normalized spacial score (nSPS) is 18.8. The molecule has 4 heterocycles. The Balaban J connectivity index is 1.28. The fourth-order valence-corrected chi connectivity index (χ4v) is 4.78. The van der Waals surface area contributed by atoms with Crippen molar-refractivity contribution in [3.63, 3.8) is 0 Å². The van der Waals surface area contributed by atoms with Crippen LogP contribution in [-0.4, -0.2) is 50.5 Å². The maximum atomic E-state index is 10.8. The SMILES string of the molecule is Cc1c(O)c(-c2ccc3cc(N4CCC(NCC5CC5)C4)cnc3n2)cc2cn(C)nc12. The molecule has 0 radical (unpaired) electrons. The molecule has 1 aromatic carbocycles. The summed E-state index contributed by atoms with van der Waals surface area (Å²) in [6.07, 6.45) is 7.84. The highest BCUT2D eigenvalue weighted by Gasteiger charge is 2.26. The molecular formula is C25H28N6O. The van der Waals surface area contributed by atoms with Crippen molar-refractivity contribution in [2.24, 2.45) is 13.0 Å². The Hall–Kier alpha value is -3.19. The second-order valence-corrected chi connectivity index (χ2v) is 9.36. The van der Waals surface area contributed by atoms with Gasteiger partial charge < -0.3 is 15.3 Å². The number of benzene rings is 1. The Kier molecular flexibility index (Phi) is 4.54. The number of aryl methyl sites for hydroxylation is 2. The first-order valence-corrected chi connectivity index (χ1v) is 11.5. The Morgan fingerprint density at radius 2 is 2.03 bits per heavy atom. The molecular weight excluding hydrogens is 400 g/mol. The Labute approximate surface area is 187 Å². The van der Waals surface area contributed by atoms with Gasteiger partial charge in [0.15, 0.2) is 5.65 Å². The molecule has 164 valence electrons. The molecule has 1 saturated heterocycles. The topological polar surface area (TPSA) is 79.1 Å². The van der Waals surface area contributed by atoms with Crippen LogP contribution in [0.4, 0.5) is 5.69 Å². The molecule has 1 aliphatic carbocycles. The number of aromatic hydroxyl groups is 1. The highest BCUT2D eigenvalue weighted by atomic mass is 16.3. The van der Waals surface area contributed by atoms with E-state index in [4.69, 9.17) is 4.98 Å². The first kappa shape index (κ1) is 19.5. The zero-order valence-corrected chi connectivity index (χ0v) is 18.5. The monoisotopic (exact) mass is 428 g/mol. The summed E-state index contributed by atoms with van der Waals surface area (Å²) in [5.74, 6) is 1.13. The number of hydrogen-bond acceptors (Lipinski definition) is 6. The number of phenols is 1. The maximum absolute atomic E-state index is 10.8. The number of fused-ring (bicyclic) bond motifs is 2. The van der Waals surface area contributed by atoms with Gasteiger partial charge >= 0.3 is 0 Å². The maximum Gasteiger partial charge on any atom is 0.159 e. The minimum atomic E-state index is 0.224. The third-order valence-electron chi connectivity index (χ3n) is 6.87. The van der Waals surface area contributed by atoms with Gasteiger partial charge in [-0.3, -0.25) is 4.68 Å². The summed E-state index contributed by atoms with van der Waals surface area (Å²) in [6, 6.07) is 8.72. The van der Waals surface area contributed by atoms with Crippen molar-refractivity contribution in [1.29, 1.82) is 0 Å². The van der Waals surface area contributed by atoms with Crippen LogP contribution in [0.5, 0.6) is 5.75 Å². The van der Waals surface area contributed by atoms with Crippen LogP contribution in [0.15, 0.2) is 36.7 Å². The number of nitrogens with zero attached hydrogens (tertiary/aromatic N) is 5. The molecule has 2 N–H and O–H groups in total. The zero-order valence-electron chi connectivity index (χ0n) is 18.5. The highest BCUT2D eigenvalue weighted by Crippen LogP contribution is 2.36. The molecule has 1 saturated carbocycles. The molecule has 7 heteroatoms. The van der Waals surface area contributed by atoms with Gasteiger partial charge in [0.05, 0.1) is 23.1 Å². The predicted octanol–water partition coefficient (Wildman–Crippen LogP) is 3.78. The molecule has 6 rings (SSSR count). The molecule has 1 aliphatic heterocycles. The zero-order chi connectivity index (χ0) is 21.8. The van der Waals surface area contributed by atoms with Gasteiger partial charge in [0.25, 0.3) is 0 Å². The van der Waals surface area contributed by atoms with E-state index in [1.165, 1.54) is 25.8 Å². The van der Waals surface area contributed by atoms with E-state index in [0.717, 1.165) is 52.2 Å². The van der Waals surface area contributed by atoms with Crippen LogP contribution in [0.2, 0.25) is 0 Å². The van der Waals surface area contributed by atoms with Gasteiger partial charge in [0.2, 0.25) is 0 Å². The van der Waals surface area contributed by atoms with Crippen LogP contribution in [0.3, 0.4) is 0 Å². The third kappa shape index (κ3) is 3.46. The van der Waals surface area contributed by atoms with Gasteiger partial charge in [0, 0.05) is 54.3 Å². The fourth-order valence-electron chi connectivity index (χ4n) is 4.78. The average molecular weight is 429 g/mol. The number of hydrogen-bond donors (Lipinski definition) is 2. The lowest BCUT2D eigenvalue weighted by molar-refractivity contribution is 0.474. The lowest BCUT2D eigenvalue weighted by atomic mass is 10.0. The van der Waals surface area contributed by atoms with Gasteiger partial charge in [0.1, 0.15) is 5.75 Å². The molecule has 0 amide bonds. The lowest BCUT2D eigenvalue weighted by Gasteiger charge is -2.19. The molecule has 0 spiro atoms. The first-order chi connectivity index (χ1) is 15.5. The Morgan fingerprint density at radius 1 is 1.16 bits per heavy atom. The van der Waals surface area contributed by atoms with Crippen molar-refractivity contribution in [2.45, 2.75) is 32.2 Å². The summed E-state index contributed by atoms with van der Waals surface area (Å²) in [6.45, 7) is 5.14. The molecule has 1 atom stereocenters. The van der Waals surface area contributed by atoms with E-state index < -0.39 is 0 Å². The summed E-state index contributed by atoms with van der Waals surface area (Å²) in [7, 11) is 1.89. The van der Waals surface area contributed by atoms with E-state index >= 15 is 0 Å². The average Bonchev–Trinajstić information content (AvgIpc) is 3.37. The van der Waals surface area contributed by atoms with E-state index in [1.54, 1.807) is 4.68 Å². The Morgan fingerprint density at radius 3 is 2.88 bits per heavy atom. The molecule has 7 nitrogen and oxygen atoms in total. The second kappa shape index (κ2) is 7.45. The van der Waals surface area contributed by atoms with E-state index in [1.807, 2.05) is 38.5 Å². The molecule has 3 aromatic heterocycles. The first-order valence-electron chi connectivity index (χ1n) is 11.5. The Bertz CT molecular complexity index is 1330. The summed E-state index contributed by atoms with van der Waals surface area (Å²) in [4.78, 5) is 11.9. The van der Waals surface area contributed by atoms with Crippen molar-refractivity contribution in [3.05, 3.63) is 42.2 Å². The third-order valence-corrected chi connectivity index (χ3v) is 6.87. The van der Waals surface area contributed by atoms with Gasteiger partial charge in [-0.05, 0) is 62.9 Å². The summed E-state index contributed by atoms with van der Waals surface area (Å²) >= 11 is 0. The smallest absolute Gasteiger partial charge is 0.159 e. The van der Waals surface area contributed by atoms with Crippen LogP contribution in [-0.2, 0) is 7.05 Å². The summed E-state index contributed by atoms with van der Waals surface area (Å²) in [5.41, 5.74) is 4.85. The van der Waals surface area contributed by atoms with Gasteiger partial charge in [-0.15, -0.1) is 0 Å². The number of rotatable bonds is 5. The van der Waals surface area contributed by atoms with E-state index in [-0.39, 0.29) is 5.75 Å². The van der Waals surface area contributed by atoms with Gasteiger partial charge in [-0.2, -0.15) is 5.10 Å². The quantitative estimate of drug-likeness (QED) is 0.504. The highest BCUT2D eigenvalue weighted by molar-refractivity contribution is 5.91. The number of pyridine rings is 2. The molecule has 0 bridgehead atoms. The number of phenolic OH excluding ortho intramolecular Hbond substituents is 1. The van der Waals surface area contributed by atoms with E-state index in [0.29, 0.717) is 17.3 Å². The van der Waals surface area contributed by atoms with E-state index in [9.17, 15) is 5.11 Å². The predicted molar refractivity (Wildman–Crippen MR) is 127 cm³/mol. The van der Waals surface area contributed by atoms with Crippen molar-refractivity contribution >= 4 is 27.6 Å². The van der Waals surface area contributed by atoms with Crippen molar-refractivity contribution in [1.82, 2.24) is 25.1 Å². The van der Waals surface area contributed by atoms with Crippen LogP contribution in [0, 0.1) is 12.8 Å². The van der Waals surface area contributed by atoms with Crippen LogP contribution >= 0.6 is 0 Å². The van der Waals surface area contributed by atoms with Gasteiger partial charge in [-0.25, -0.2) is 9.97 Å². The number of nitrogens with one attached hydrogen (secondary N) is 1. The molecule has 1 unspecified atom stereocenters. The van der Waals surface area contributed by atoms with Crippen LogP contribution in [0.25, 0.3) is 33.2 Å². The minimum absolute atomic E-state index is 0.224. The van der Waals surface area contributed by atoms with Crippen molar-refractivity contribution in [2.75, 3.05) is 24.5 Å². The molecule has 2 fully saturated rings. The summed E-state index contributed by atoms with van der Waals surface area (Å²) < 4.78 is 1.77. The molecule has 4 aromatic rings. The second-order valence-electron chi connectivity index (χ2n) is 9.36. The summed E-state index contributed by atoms with van der Waals surface area (Å²) in [5, 5.41) is 21.0. The van der Waals surface area contributed by atoms with Crippen molar-refractivity contribution in [3.8, 4) is 17.0 Å². The number of anilines is 1. The van der Waals surface area contributed by atoms with E-state index in [2.05, 4.69) is 32.4 Å². The minimum Gasteiger partial charge on any atom is -0.507 e. The molecule has 2 aliphatic rings. The standard InChI is InChI=1S/C25H28N6O/c1-15-23-18(13-30(2)29-23)10-21(24(15)32)22-6-5-17-9-20(12-27-25(17)28-22)31-8-7-19(14-31)26-11-16-3-4-16/h5-6,9-10,12-13,16,19,26,32H,3-4,7-8,11,14H2,1-2H3.